The van der Waals surface area contributed by atoms with E-state index in [1.807, 2.05) is 0 Å². The van der Waals surface area contributed by atoms with Gasteiger partial charge in [-0.25, -0.2) is 0 Å². The van der Waals surface area contributed by atoms with Crippen LogP contribution in [0.4, 0.5) is 0 Å². The summed E-state index contributed by atoms with van der Waals surface area (Å²) in [5.41, 5.74) is 2.41. The van der Waals surface area contributed by atoms with Gasteiger partial charge in [-0.3, -0.25) is 5.10 Å². The monoisotopic (exact) mass is 178 g/mol. The number of aromatic amines is 1. The van der Waals surface area contributed by atoms with Crippen LogP contribution in [0.5, 0.6) is 5.75 Å². The number of hydrogen-bond donors (Lipinski definition) is 1. The molecule has 0 unspecified atom stereocenters. The van der Waals surface area contributed by atoms with Crippen LogP contribution in [0, 0.1) is 0 Å². The molecule has 0 atom stereocenters. The van der Waals surface area contributed by atoms with Crippen LogP contribution in [-0.4, -0.2) is 17.3 Å². The third kappa shape index (κ3) is 1.14. The van der Waals surface area contributed by atoms with Gasteiger partial charge in [0.1, 0.15) is 5.69 Å². The zero-order valence-corrected chi connectivity index (χ0v) is 7.84. The molecule has 0 spiro atoms. The van der Waals surface area contributed by atoms with E-state index in [4.69, 9.17) is 4.74 Å². The minimum absolute atomic E-state index is 0.679. The number of aromatic nitrogens is 2. The van der Waals surface area contributed by atoms with Crippen molar-refractivity contribution in [3.8, 4) is 5.75 Å². The third-order valence-corrected chi connectivity index (χ3v) is 2.93. The SMILES string of the molecule is COc1c(C2CC2)n[nH]c1C1CC1. The van der Waals surface area contributed by atoms with Crippen molar-refractivity contribution in [3.05, 3.63) is 11.4 Å². The van der Waals surface area contributed by atoms with Crippen LogP contribution in [-0.2, 0) is 0 Å². The maximum atomic E-state index is 5.43. The smallest absolute Gasteiger partial charge is 0.163 e. The van der Waals surface area contributed by atoms with E-state index >= 15 is 0 Å². The average molecular weight is 178 g/mol. The molecular formula is C10H14N2O. The molecule has 13 heavy (non-hydrogen) atoms. The summed E-state index contributed by atoms with van der Waals surface area (Å²) in [5, 5.41) is 7.49. The van der Waals surface area contributed by atoms with Gasteiger partial charge in [0, 0.05) is 11.8 Å². The molecule has 0 amide bonds. The van der Waals surface area contributed by atoms with Crippen molar-refractivity contribution in [1.29, 1.82) is 0 Å². The summed E-state index contributed by atoms with van der Waals surface area (Å²) >= 11 is 0. The fourth-order valence-corrected chi connectivity index (χ4v) is 1.86. The number of ether oxygens (including phenoxy) is 1. The molecule has 1 heterocycles. The predicted octanol–water partition coefficient (Wildman–Crippen LogP) is 2.17. The van der Waals surface area contributed by atoms with Crippen LogP contribution in [0.25, 0.3) is 0 Å². The lowest BCUT2D eigenvalue weighted by Crippen LogP contribution is -1.90. The first-order valence-corrected chi connectivity index (χ1v) is 5.02. The number of nitrogens with zero attached hydrogens (tertiary/aromatic N) is 1. The Kier molecular flexibility index (Phi) is 1.43. The third-order valence-electron chi connectivity index (χ3n) is 2.93. The summed E-state index contributed by atoms with van der Waals surface area (Å²) in [7, 11) is 1.75. The van der Waals surface area contributed by atoms with Gasteiger partial charge in [0.2, 0.25) is 0 Å². The molecule has 1 aromatic rings. The van der Waals surface area contributed by atoms with Gasteiger partial charge in [-0.15, -0.1) is 0 Å². The van der Waals surface area contributed by atoms with E-state index in [2.05, 4.69) is 10.2 Å². The summed E-state index contributed by atoms with van der Waals surface area (Å²) in [6, 6.07) is 0. The number of rotatable bonds is 3. The fourth-order valence-electron chi connectivity index (χ4n) is 1.86. The zero-order chi connectivity index (χ0) is 8.84. The average Bonchev–Trinajstić information content (AvgIpc) is 3.02. The van der Waals surface area contributed by atoms with Gasteiger partial charge in [-0.2, -0.15) is 5.10 Å². The molecule has 2 fully saturated rings. The van der Waals surface area contributed by atoms with Crippen molar-refractivity contribution >= 4 is 0 Å². The van der Waals surface area contributed by atoms with Gasteiger partial charge in [0.25, 0.3) is 0 Å². The molecule has 0 saturated heterocycles. The summed E-state index contributed by atoms with van der Waals surface area (Å²) in [5.74, 6) is 2.43. The molecule has 1 N–H and O–H groups in total. The minimum Gasteiger partial charge on any atom is -0.493 e. The quantitative estimate of drug-likeness (QED) is 0.770. The van der Waals surface area contributed by atoms with Crippen LogP contribution in [0.15, 0.2) is 0 Å². The van der Waals surface area contributed by atoms with Gasteiger partial charge < -0.3 is 4.74 Å². The minimum atomic E-state index is 0.679. The van der Waals surface area contributed by atoms with Crippen LogP contribution in [0.3, 0.4) is 0 Å². The van der Waals surface area contributed by atoms with Gasteiger partial charge in [-0.05, 0) is 25.7 Å². The lowest BCUT2D eigenvalue weighted by atomic mass is 10.2. The summed E-state index contributed by atoms with van der Waals surface area (Å²) < 4.78 is 5.43. The first-order chi connectivity index (χ1) is 6.40. The number of methoxy groups -OCH3 is 1. The second kappa shape index (κ2) is 2.50. The maximum Gasteiger partial charge on any atom is 0.163 e. The molecule has 2 aliphatic rings. The molecular weight excluding hydrogens is 164 g/mol. The number of nitrogens with one attached hydrogen (secondary N) is 1. The molecule has 0 aliphatic heterocycles. The summed E-state index contributed by atoms with van der Waals surface area (Å²) in [6.45, 7) is 0. The summed E-state index contributed by atoms with van der Waals surface area (Å²) in [4.78, 5) is 0. The summed E-state index contributed by atoms with van der Waals surface area (Å²) in [6.07, 6.45) is 5.15. The van der Waals surface area contributed by atoms with Crippen molar-refractivity contribution in [2.24, 2.45) is 0 Å². The van der Waals surface area contributed by atoms with E-state index in [9.17, 15) is 0 Å². The van der Waals surface area contributed by atoms with E-state index in [1.165, 1.54) is 37.1 Å². The largest absolute Gasteiger partial charge is 0.493 e. The first kappa shape index (κ1) is 7.42. The van der Waals surface area contributed by atoms with Crippen molar-refractivity contribution in [2.45, 2.75) is 37.5 Å². The highest BCUT2D eigenvalue weighted by Gasteiger charge is 2.35. The van der Waals surface area contributed by atoms with Crippen molar-refractivity contribution in [3.63, 3.8) is 0 Å². The lowest BCUT2D eigenvalue weighted by molar-refractivity contribution is 0.405. The molecule has 3 rings (SSSR count). The van der Waals surface area contributed by atoms with Crippen LogP contribution < -0.4 is 4.74 Å². The van der Waals surface area contributed by atoms with Crippen LogP contribution in [0.1, 0.15) is 48.9 Å². The maximum absolute atomic E-state index is 5.43. The van der Waals surface area contributed by atoms with Crippen molar-refractivity contribution < 1.29 is 4.74 Å². The van der Waals surface area contributed by atoms with Gasteiger partial charge in [0.15, 0.2) is 5.75 Å². The zero-order valence-electron chi connectivity index (χ0n) is 7.84. The highest BCUT2D eigenvalue weighted by Crippen LogP contribution is 2.49. The molecule has 1 aromatic heterocycles. The predicted molar refractivity (Wildman–Crippen MR) is 49.1 cm³/mol. The molecule has 2 aliphatic carbocycles. The molecule has 0 aromatic carbocycles. The Morgan fingerprint density at radius 2 is 1.92 bits per heavy atom. The van der Waals surface area contributed by atoms with E-state index in [0.29, 0.717) is 11.8 Å². The second-order valence-corrected chi connectivity index (χ2v) is 4.10. The standard InChI is InChI=1S/C10H14N2O/c1-13-10-8(6-2-3-6)11-12-9(10)7-4-5-7/h6-7H,2-5H2,1H3,(H,11,12). The van der Waals surface area contributed by atoms with Crippen molar-refractivity contribution in [2.75, 3.05) is 7.11 Å². The van der Waals surface area contributed by atoms with Crippen LogP contribution in [0.2, 0.25) is 0 Å². The van der Waals surface area contributed by atoms with Gasteiger partial charge in [-0.1, -0.05) is 0 Å². The Morgan fingerprint density at radius 1 is 1.23 bits per heavy atom. The van der Waals surface area contributed by atoms with Crippen LogP contribution >= 0.6 is 0 Å². The second-order valence-electron chi connectivity index (χ2n) is 4.10. The van der Waals surface area contributed by atoms with E-state index in [0.717, 1.165) is 5.75 Å². The number of H-pyrrole nitrogens is 1. The molecule has 2 saturated carbocycles. The van der Waals surface area contributed by atoms with E-state index in [1.54, 1.807) is 7.11 Å². The Hall–Kier alpha value is -0.990. The molecule has 0 radical (unpaired) electrons. The first-order valence-electron chi connectivity index (χ1n) is 5.02. The van der Waals surface area contributed by atoms with Gasteiger partial charge >= 0.3 is 0 Å². The Bertz CT molecular complexity index is 294. The highest BCUT2D eigenvalue weighted by atomic mass is 16.5. The fraction of sp³-hybridized carbons (Fsp3) is 0.700. The van der Waals surface area contributed by atoms with Crippen molar-refractivity contribution in [1.82, 2.24) is 10.2 Å². The highest BCUT2D eigenvalue weighted by molar-refractivity contribution is 5.40. The number of hydrogen-bond acceptors (Lipinski definition) is 2. The topological polar surface area (TPSA) is 37.9 Å². The normalized spacial score (nSPS) is 21.9. The molecule has 70 valence electrons. The molecule has 3 nitrogen and oxygen atoms in total. The van der Waals surface area contributed by atoms with Gasteiger partial charge in [0.05, 0.1) is 12.8 Å². The Labute approximate surface area is 77.5 Å². The Balaban J connectivity index is 1.99. The Morgan fingerprint density at radius 3 is 2.46 bits per heavy atom. The lowest BCUT2D eigenvalue weighted by Gasteiger charge is -2.01. The molecule has 0 bridgehead atoms. The van der Waals surface area contributed by atoms with E-state index < -0.39 is 0 Å². The van der Waals surface area contributed by atoms with E-state index in [-0.39, 0.29) is 0 Å². The molecule has 3 heteroatoms.